The monoisotopic (exact) mass is 614 g/mol. The van der Waals surface area contributed by atoms with Crippen LogP contribution in [0.5, 0.6) is 5.75 Å². The van der Waals surface area contributed by atoms with E-state index in [-0.39, 0.29) is 5.75 Å². The van der Waals surface area contributed by atoms with Crippen LogP contribution in [0.4, 0.5) is 0 Å². The summed E-state index contributed by atoms with van der Waals surface area (Å²) in [4.78, 5) is 27.1. The number of ether oxygens (including phenoxy) is 2. The number of aliphatic hydroxyl groups excluding tert-OH is 10. The van der Waals surface area contributed by atoms with E-state index < -0.39 is 108 Å². The zero-order chi connectivity index (χ0) is 32.4. The van der Waals surface area contributed by atoms with Crippen molar-refractivity contribution in [2.24, 2.45) is 0 Å². The molecule has 10 unspecified atom stereocenters. The van der Waals surface area contributed by atoms with Crippen molar-refractivity contribution in [3.8, 4) is 5.75 Å². The van der Waals surface area contributed by atoms with Gasteiger partial charge in [-0.05, 0) is 30.7 Å². The van der Waals surface area contributed by atoms with Crippen molar-refractivity contribution in [3.05, 3.63) is 58.6 Å². The Morgan fingerprint density at radius 1 is 0.977 bits per heavy atom. The maximum absolute atomic E-state index is 13.6. The lowest BCUT2D eigenvalue weighted by molar-refractivity contribution is -0.245. The van der Waals surface area contributed by atoms with Crippen molar-refractivity contribution in [3.63, 3.8) is 0 Å². The van der Waals surface area contributed by atoms with Crippen molar-refractivity contribution >= 4 is 17.6 Å². The zero-order valence-corrected chi connectivity index (χ0v) is 22.6. The van der Waals surface area contributed by atoms with Crippen LogP contribution < -0.4 is 0 Å². The third kappa shape index (κ3) is 6.64. The van der Waals surface area contributed by atoms with Crippen molar-refractivity contribution in [1.29, 1.82) is 0 Å². The summed E-state index contributed by atoms with van der Waals surface area (Å²) in [5, 5.41) is 123. The van der Waals surface area contributed by atoms with E-state index >= 15 is 0 Å². The van der Waals surface area contributed by atoms with Gasteiger partial charge in [-0.1, -0.05) is 18.2 Å². The molecule has 1 heterocycles. The van der Waals surface area contributed by atoms with Crippen LogP contribution >= 0.6 is 0 Å². The zero-order valence-electron chi connectivity index (χ0n) is 22.6. The molecule has 3 rings (SSSR count). The third-order valence-electron chi connectivity index (χ3n) is 7.07. The second-order valence-electron chi connectivity index (χ2n) is 10.1. The highest BCUT2D eigenvalue weighted by molar-refractivity contribution is 6.26. The summed E-state index contributed by atoms with van der Waals surface area (Å²) >= 11 is 0. The summed E-state index contributed by atoms with van der Waals surface area (Å²) in [6.07, 6.45) is -16.1. The molecule has 0 bridgehead atoms. The molecule has 43 heavy (non-hydrogen) atoms. The van der Waals surface area contributed by atoms with Gasteiger partial charge in [0.15, 0.2) is 0 Å². The second kappa shape index (κ2) is 13.6. The van der Waals surface area contributed by atoms with Gasteiger partial charge in [-0.15, -0.1) is 0 Å². The molecule has 238 valence electrons. The van der Waals surface area contributed by atoms with Crippen molar-refractivity contribution in [1.82, 2.24) is 0 Å². The van der Waals surface area contributed by atoms with Gasteiger partial charge in [0.1, 0.15) is 71.7 Å². The molecule has 1 aliphatic heterocycles. The smallest absolute Gasteiger partial charge is 0.298 e. The molecule has 10 atom stereocenters. The Balaban J connectivity index is 2.21. The number of aromatic hydroxyl groups is 1. The highest BCUT2D eigenvalue weighted by atomic mass is 16.7. The van der Waals surface area contributed by atoms with Gasteiger partial charge in [-0.3, -0.25) is 9.59 Å². The van der Waals surface area contributed by atoms with Gasteiger partial charge in [0.25, 0.3) is 5.79 Å². The molecular formula is C27H34O16. The van der Waals surface area contributed by atoms with Gasteiger partial charge in [0, 0.05) is 0 Å². The van der Waals surface area contributed by atoms with E-state index in [1.165, 1.54) is 30.3 Å². The molecule has 2 aliphatic rings. The summed E-state index contributed by atoms with van der Waals surface area (Å²) in [5.74, 6) is -10.1. The Hall–Kier alpha value is -3.26. The van der Waals surface area contributed by atoms with Gasteiger partial charge in [-0.25, -0.2) is 0 Å². The lowest BCUT2D eigenvalue weighted by Crippen LogP contribution is -2.64. The minimum absolute atomic E-state index is 0.0889. The van der Waals surface area contributed by atoms with Gasteiger partial charge >= 0.3 is 0 Å². The van der Waals surface area contributed by atoms with Gasteiger partial charge in [0.2, 0.25) is 11.6 Å². The number of allylic oxidation sites excluding steroid dienone is 2. The number of hydrogen-bond acceptors (Lipinski definition) is 16. The van der Waals surface area contributed by atoms with Crippen LogP contribution in [0.1, 0.15) is 12.5 Å². The third-order valence-corrected chi connectivity index (χ3v) is 7.07. The van der Waals surface area contributed by atoms with E-state index in [1.807, 2.05) is 0 Å². The maximum Gasteiger partial charge on any atom is 0.298 e. The number of carbonyl (C=O) groups is 2. The van der Waals surface area contributed by atoms with E-state index in [1.54, 1.807) is 0 Å². The number of Topliss-reactive ketones (excluding diaryl/α,β-unsaturated/α-hetero) is 2. The maximum atomic E-state index is 13.6. The van der Waals surface area contributed by atoms with E-state index in [4.69, 9.17) is 9.47 Å². The highest BCUT2D eigenvalue weighted by Crippen LogP contribution is 2.39. The number of aliphatic hydroxyl groups is 11. The minimum atomic E-state index is -3.80. The van der Waals surface area contributed by atoms with E-state index in [0.29, 0.717) is 5.56 Å². The van der Waals surface area contributed by atoms with E-state index in [9.17, 15) is 70.9 Å². The topological polar surface area (TPSA) is 295 Å². The van der Waals surface area contributed by atoms with Crippen molar-refractivity contribution < 1.29 is 80.3 Å². The first-order chi connectivity index (χ1) is 20.1. The number of carbonyl (C=O) groups excluding carboxylic acids is 2. The second-order valence-corrected chi connectivity index (χ2v) is 10.1. The lowest BCUT2D eigenvalue weighted by atomic mass is 9.79. The Kier molecular flexibility index (Phi) is 10.8. The van der Waals surface area contributed by atoms with Crippen LogP contribution in [0, 0.1) is 0 Å². The number of phenols is 1. The van der Waals surface area contributed by atoms with Crippen LogP contribution in [-0.4, -0.2) is 147 Å². The fourth-order valence-corrected chi connectivity index (χ4v) is 4.54. The van der Waals surface area contributed by atoms with Crippen molar-refractivity contribution in [2.45, 2.75) is 67.6 Å². The summed E-state index contributed by atoms with van der Waals surface area (Å²) in [7, 11) is 0. The minimum Gasteiger partial charge on any atom is -0.508 e. The van der Waals surface area contributed by atoms with E-state index in [0.717, 1.165) is 13.0 Å². The molecular weight excluding hydrogens is 580 g/mol. The van der Waals surface area contributed by atoms with Crippen molar-refractivity contribution in [2.75, 3.05) is 13.2 Å². The van der Waals surface area contributed by atoms with Crippen LogP contribution in [0.25, 0.3) is 6.08 Å². The summed E-state index contributed by atoms with van der Waals surface area (Å²) in [6, 6.07) is 5.37. The number of ketones is 2. The molecule has 1 aliphatic carbocycles. The summed E-state index contributed by atoms with van der Waals surface area (Å²) < 4.78 is 10.4. The molecule has 1 aromatic carbocycles. The molecule has 0 spiro atoms. The number of rotatable bonds is 10. The summed E-state index contributed by atoms with van der Waals surface area (Å²) in [5.41, 5.74) is -2.03. The largest absolute Gasteiger partial charge is 0.508 e. The quantitative estimate of drug-likeness (QED) is 0.0520. The van der Waals surface area contributed by atoms with Gasteiger partial charge < -0.3 is 70.8 Å². The fourth-order valence-electron chi connectivity index (χ4n) is 4.54. The molecule has 0 saturated carbocycles. The predicted molar refractivity (Wildman–Crippen MR) is 141 cm³/mol. The van der Waals surface area contributed by atoms with Crippen LogP contribution in [-0.2, 0) is 19.1 Å². The van der Waals surface area contributed by atoms with Crippen LogP contribution in [0.2, 0.25) is 0 Å². The first-order valence-electron chi connectivity index (χ1n) is 12.9. The molecule has 0 amide bonds. The predicted octanol–water partition coefficient (Wildman–Crippen LogP) is -3.81. The highest BCUT2D eigenvalue weighted by Gasteiger charge is 2.60. The molecule has 1 fully saturated rings. The molecule has 16 nitrogen and oxygen atoms in total. The molecule has 16 heteroatoms. The standard InChI is InChI=1S/C27H34O16/c1-10(30)18(33)20(35)15(9-29)43-27(41)25(39)16(13(32)7-4-11-2-5-12(31)6-3-11)21(36)17(26(27)40)24-23(38)22(37)19(34)14(8-28)42-24/h2-7,10,14-15,18-20,22-24,28-38,41H,8-9H2,1H3/b7-4+,16-13?. The van der Waals surface area contributed by atoms with Crippen LogP contribution in [0.3, 0.4) is 0 Å². The van der Waals surface area contributed by atoms with Gasteiger partial charge in [-0.2, -0.15) is 0 Å². The molecule has 12 N–H and O–H groups in total. The molecule has 1 saturated heterocycles. The normalized spacial score (nSPS) is 32.6. The Morgan fingerprint density at radius 3 is 2.12 bits per heavy atom. The van der Waals surface area contributed by atoms with E-state index in [2.05, 4.69) is 0 Å². The average Bonchev–Trinajstić information content (AvgIpc) is 2.98. The average molecular weight is 615 g/mol. The SMILES string of the molecule is CC(O)C(O)C(O)C(CO)OC1(O)C(=O)C(=C(O)/C=C/c2ccc(O)cc2)C(O)=C(C2OC(CO)C(O)C(O)C2O)C1=O. The number of phenolic OH excluding ortho intramolecular Hbond substituents is 1. The van der Waals surface area contributed by atoms with Crippen LogP contribution in [0.15, 0.2) is 53.0 Å². The van der Waals surface area contributed by atoms with Gasteiger partial charge in [0.05, 0.1) is 24.9 Å². The number of benzene rings is 1. The Bertz CT molecular complexity index is 1270. The fraction of sp³-hybridized carbons (Fsp3) is 0.481. The number of hydrogen-bond donors (Lipinski definition) is 12. The lowest BCUT2D eigenvalue weighted by Gasteiger charge is -2.43. The first-order valence-corrected chi connectivity index (χ1v) is 12.9. The molecule has 1 aromatic rings. The first kappa shape index (κ1) is 34.2. The molecule has 0 radical (unpaired) electrons. The Labute approximate surface area is 243 Å². The Morgan fingerprint density at radius 2 is 1.58 bits per heavy atom. The summed E-state index contributed by atoms with van der Waals surface area (Å²) in [6.45, 7) is -1.18. The molecule has 0 aromatic heterocycles.